The number of piperidine rings is 1. The van der Waals surface area contributed by atoms with Gasteiger partial charge in [-0.2, -0.15) is 0 Å². The van der Waals surface area contributed by atoms with E-state index >= 15 is 0 Å². The van der Waals surface area contributed by atoms with Crippen LogP contribution in [0.3, 0.4) is 0 Å². The van der Waals surface area contributed by atoms with Gasteiger partial charge in [0, 0.05) is 30.5 Å². The van der Waals surface area contributed by atoms with Gasteiger partial charge in [-0.25, -0.2) is 8.78 Å². The molecule has 0 bridgehead atoms. The van der Waals surface area contributed by atoms with Crippen LogP contribution in [0.4, 0.5) is 8.78 Å². The smallest absolute Gasteiger partial charge is 0.144 e. The molecule has 0 amide bonds. The predicted octanol–water partition coefficient (Wildman–Crippen LogP) is 4.10. The summed E-state index contributed by atoms with van der Waals surface area (Å²) in [6.45, 7) is 2.62. The second-order valence-corrected chi connectivity index (χ2v) is 6.50. The van der Waals surface area contributed by atoms with Crippen molar-refractivity contribution in [1.82, 2.24) is 4.90 Å². The summed E-state index contributed by atoms with van der Waals surface area (Å²) >= 11 is 6.43. The number of benzene rings is 1. The molecule has 1 saturated heterocycles. The summed E-state index contributed by atoms with van der Waals surface area (Å²) in [7, 11) is 0. The summed E-state index contributed by atoms with van der Waals surface area (Å²) in [4.78, 5) is 2.07. The highest BCUT2D eigenvalue weighted by molar-refractivity contribution is 9.10. The first kappa shape index (κ1) is 16.3. The van der Waals surface area contributed by atoms with E-state index in [1.807, 2.05) is 0 Å². The Morgan fingerprint density at radius 1 is 1.25 bits per heavy atom. The molecule has 0 spiro atoms. The molecule has 0 radical (unpaired) electrons. The number of hydrogen-bond donors (Lipinski definition) is 0. The van der Waals surface area contributed by atoms with Crippen LogP contribution in [-0.4, -0.2) is 36.0 Å². The van der Waals surface area contributed by atoms with E-state index in [1.165, 1.54) is 12.1 Å². The topological polar surface area (TPSA) is 12.5 Å². The Kier molecular flexibility index (Phi) is 6.39. The maximum atomic E-state index is 13.9. The van der Waals surface area contributed by atoms with E-state index in [-0.39, 0.29) is 11.7 Å². The van der Waals surface area contributed by atoms with Gasteiger partial charge in [0.15, 0.2) is 0 Å². The highest BCUT2D eigenvalue weighted by Crippen LogP contribution is 2.24. The van der Waals surface area contributed by atoms with Crippen LogP contribution in [0.5, 0.6) is 0 Å². The second-order valence-electron chi connectivity index (χ2n) is 4.86. The largest absolute Gasteiger partial charge is 0.377 e. The molecule has 1 aromatic rings. The lowest BCUT2D eigenvalue weighted by atomic mass is 10.1. The van der Waals surface area contributed by atoms with Gasteiger partial charge in [-0.1, -0.05) is 15.9 Å². The molecule has 0 aromatic heterocycles. The molecule has 6 heteroatoms. The number of alkyl halides is 1. The van der Waals surface area contributed by atoms with Gasteiger partial charge < -0.3 is 4.74 Å². The Morgan fingerprint density at radius 3 is 2.60 bits per heavy atom. The van der Waals surface area contributed by atoms with Gasteiger partial charge in [-0.05, 0) is 40.9 Å². The number of ether oxygens (including phenoxy) is 1. The number of hydrogen-bond acceptors (Lipinski definition) is 2. The van der Waals surface area contributed by atoms with E-state index in [0.29, 0.717) is 17.6 Å². The maximum Gasteiger partial charge on any atom is 0.144 e. The molecule has 2 nitrogen and oxygen atoms in total. The van der Waals surface area contributed by atoms with Gasteiger partial charge in [0.25, 0.3) is 0 Å². The van der Waals surface area contributed by atoms with Crippen LogP contribution in [0.25, 0.3) is 0 Å². The fraction of sp³-hybridized carbons (Fsp3) is 0.571. The zero-order chi connectivity index (χ0) is 14.5. The average molecular weight is 413 g/mol. The first-order valence-corrected chi connectivity index (χ1v) is 8.55. The molecule has 1 aliphatic rings. The molecule has 0 unspecified atom stereocenters. The van der Waals surface area contributed by atoms with Gasteiger partial charge in [0.05, 0.1) is 17.2 Å². The first-order chi connectivity index (χ1) is 9.61. The van der Waals surface area contributed by atoms with Gasteiger partial charge >= 0.3 is 0 Å². The molecular weight excluding hydrogens is 396 g/mol. The van der Waals surface area contributed by atoms with Crippen LogP contribution >= 0.6 is 31.9 Å². The van der Waals surface area contributed by atoms with E-state index < -0.39 is 11.6 Å². The molecule has 0 atom stereocenters. The Bertz CT molecular complexity index is 451. The lowest BCUT2D eigenvalue weighted by molar-refractivity contribution is 0.0137. The quantitative estimate of drug-likeness (QED) is 0.533. The molecule has 20 heavy (non-hydrogen) atoms. The molecule has 2 rings (SSSR count). The summed E-state index contributed by atoms with van der Waals surface area (Å²) < 4.78 is 33.6. The molecule has 1 heterocycles. The van der Waals surface area contributed by atoms with Gasteiger partial charge in [-0.3, -0.25) is 4.90 Å². The summed E-state index contributed by atoms with van der Waals surface area (Å²) in [6.07, 6.45) is 2.08. The molecule has 0 aliphatic carbocycles. The normalized spacial score (nSPS) is 17.6. The van der Waals surface area contributed by atoms with Crippen molar-refractivity contribution in [3.63, 3.8) is 0 Å². The van der Waals surface area contributed by atoms with Crippen molar-refractivity contribution in [2.45, 2.75) is 25.5 Å². The Hall–Kier alpha value is -0.0400. The van der Waals surface area contributed by atoms with Crippen LogP contribution in [0, 0.1) is 11.6 Å². The van der Waals surface area contributed by atoms with Crippen molar-refractivity contribution < 1.29 is 13.5 Å². The van der Waals surface area contributed by atoms with Crippen LogP contribution in [0.2, 0.25) is 0 Å². The monoisotopic (exact) mass is 411 g/mol. The molecule has 112 valence electrons. The van der Waals surface area contributed by atoms with Crippen LogP contribution in [0.15, 0.2) is 16.6 Å². The lowest BCUT2D eigenvalue weighted by Gasteiger charge is -2.32. The summed E-state index contributed by atoms with van der Waals surface area (Å²) in [6, 6.07) is 2.70. The molecular formula is C14H17Br2F2NO. The van der Waals surface area contributed by atoms with Crippen molar-refractivity contribution >= 4 is 31.9 Å². The second kappa shape index (κ2) is 7.82. The first-order valence-electron chi connectivity index (χ1n) is 6.64. The summed E-state index contributed by atoms with van der Waals surface area (Å²) in [5, 5.41) is 0.835. The zero-order valence-electron chi connectivity index (χ0n) is 11.0. The number of rotatable bonds is 5. The summed E-state index contributed by atoms with van der Waals surface area (Å²) in [5.41, 5.74) is 0.138. The SMILES string of the molecule is Fc1ccc(Br)c(F)c1CN1CCC(OCCBr)CC1. The number of likely N-dealkylation sites (tertiary alicyclic amines) is 1. The van der Waals surface area contributed by atoms with Gasteiger partial charge in [0.1, 0.15) is 11.6 Å². The Morgan fingerprint density at radius 2 is 1.95 bits per heavy atom. The van der Waals surface area contributed by atoms with Crippen molar-refractivity contribution in [3.05, 3.63) is 33.8 Å². The molecule has 1 aromatic carbocycles. The van der Waals surface area contributed by atoms with Crippen molar-refractivity contribution in [3.8, 4) is 0 Å². The van der Waals surface area contributed by atoms with Crippen molar-refractivity contribution in [2.75, 3.05) is 25.0 Å². The maximum absolute atomic E-state index is 13.9. The average Bonchev–Trinajstić information content (AvgIpc) is 2.47. The molecule has 1 fully saturated rings. The third-order valence-corrected chi connectivity index (χ3v) is 4.42. The van der Waals surface area contributed by atoms with Crippen LogP contribution in [0.1, 0.15) is 18.4 Å². The van der Waals surface area contributed by atoms with Gasteiger partial charge in [0.2, 0.25) is 0 Å². The van der Waals surface area contributed by atoms with Gasteiger partial charge in [-0.15, -0.1) is 0 Å². The van der Waals surface area contributed by atoms with Crippen molar-refractivity contribution in [2.24, 2.45) is 0 Å². The predicted molar refractivity (Wildman–Crippen MR) is 82.1 cm³/mol. The minimum absolute atomic E-state index is 0.138. The Balaban J connectivity index is 1.91. The van der Waals surface area contributed by atoms with E-state index in [9.17, 15) is 8.78 Å². The minimum atomic E-state index is -0.498. The standard InChI is InChI=1S/C14H17Br2F2NO/c15-5-8-20-10-3-6-19(7-4-10)9-11-13(17)2-1-12(16)14(11)18/h1-2,10H,3-9H2. The van der Waals surface area contributed by atoms with E-state index in [0.717, 1.165) is 31.3 Å². The lowest BCUT2D eigenvalue weighted by Crippen LogP contribution is -2.37. The molecule has 0 N–H and O–H groups in total. The Labute approximate surface area is 134 Å². The number of nitrogens with zero attached hydrogens (tertiary/aromatic N) is 1. The number of halogens is 4. The zero-order valence-corrected chi connectivity index (χ0v) is 14.2. The van der Waals surface area contributed by atoms with E-state index in [2.05, 4.69) is 36.8 Å². The van der Waals surface area contributed by atoms with Crippen LogP contribution in [-0.2, 0) is 11.3 Å². The highest BCUT2D eigenvalue weighted by atomic mass is 79.9. The molecule has 1 aliphatic heterocycles. The third-order valence-electron chi connectivity index (χ3n) is 3.49. The summed E-state index contributed by atoms with van der Waals surface area (Å²) in [5.74, 6) is -0.981. The fourth-order valence-electron chi connectivity index (χ4n) is 2.38. The third kappa shape index (κ3) is 4.23. The van der Waals surface area contributed by atoms with Crippen LogP contribution < -0.4 is 0 Å². The van der Waals surface area contributed by atoms with Crippen molar-refractivity contribution in [1.29, 1.82) is 0 Å². The highest BCUT2D eigenvalue weighted by Gasteiger charge is 2.22. The van der Waals surface area contributed by atoms with E-state index in [4.69, 9.17) is 4.74 Å². The molecule has 0 saturated carbocycles. The van der Waals surface area contributed by atoms with E-state index in [1.54, 1.807) is 0 Å². The minimum Gasteiger partial charge on any atom is -0.377 e. The fourth-order valence-corrected chi connectivity index (χ4v) is 2.94.